The number of thiophene rings is 1. The van der Waals surface area contributed by atoms with Gasteiger partial charge in [0.2, 0.25) is 0 Å². The van der Waals surface area contributed by atoms with Gasteiger partial charge in [-0.15, -0.1) is 11.3 Å². The molecule has 0 atom stereocenters. The molecule has 1 aliphatic rings. The second-order valence-corrected chi connectivity index (χ2v) is 5.66. The van der Waals surface area contributed by atoms with Crippen LogP contribution in [0.4, 0.5) is 10.7 Å². The molecule has 2 rings (SSSR count). The normalized spacial score (nSPS) is 15.8. The van der Waals surface area contributed by atoms with Gasteiger partial charge in [-0.25, -0.2) is 4.79 Å². The number of anilines is 2. The van der Waals surface area contributed by atoms with Crippen molar-refractivity contribution >= 4 is 33.8 Å². The molecule has 20 heavy (non-hydrogen) atoms. The summed E-state index contributed by atoms with van der Waals surface area (Å²) in [5.74, 6) is -0.615. The maximum Gasteiger partial charge on any atom is 0.343 e. The first kappa shape index (κ1) is 14.8. The van der Waals surface area contributed by atoms with Crippen molar-refractivity contribution in [2.24, 2.45) is 0 Å². The Balaban J connectivity index is 2.46. The van der Waals surface area contributed by atoms with Gasteiger partial charge >= 0.3 is 5.97 Å². The number of methoxy groups -OCH3 is 1. The fourth-order valence-electron chi connectivity index (χ4n) is 2.26. The summed E-state index contributed by atoms with van der Waals surface area (Å²) in [5, 5.41) is 4.04. The van der Waals surface area contributed by atoms with Gasteiger partial charge in [0.15, 0.2) is 5.78 Å². The van der Waals surface area contributed by atoms with E-state index in [0.29, 0.717) is 10.4 Å². The highest BCUT2D eigenvalue weighted by atomic mass is 32.1. The molecule has 1 aromatic rings. The predicted molar refractivity (Wildman–Crippen MR) is 79.8 cm³/mol. The molecular formula is C13H19N3O3S. The third kappa shape index (κ3) is 2.78. The van der Waals surface area contributed by atoms with E-state index in [4.69, 9.17) is 10.5 Å². The number of ketones is 1. The first-order chi connectivity index (χ1) is 9.56. The lowest BCUT2D eigenvalue weighted by Crippen LogP contribution is -2.28. The van der Waals surface area contributed by atoms with E-state index in [1.807, 2.05) is 0 Å². The second-order valence-electron chi connectivity index (χ2n) is 4.66. The fraction of sp³-hybridized carbons (Fsp3) is 0.538. The molecular weight excluding hydrogens is 278 g/mol. The maximum absolute atomic E-state index is 12.0. The summed E-state index contributed by atoms with van der Waals surface area (Å²) in [7, 11) is 1.32. The Morgan fingerprint density at radius 3 is 2.75 bits per heavy atom. The lowest BCUT2D eigenvalue weighted by molar-refractivity contribution is 0.0603. The van der Waals surface area contributed by atoms with Crippen molar-refractivity contribution in [2.75, 3.05) is 43.9 Å². The van der Waals surface area contributed by atoms with Crippen molar-refractivity contribution in [2.45, 2.75) is 13.3 Å². The molecule has 0 spiro atoms. The zero-order chi connectivity index (χ0) is 14.7. The fourth-order valence-corrected chi connectivity index (χ4v) is 3.42. The number of carbonyl (C=O) groups excluding carboxylic acids is 2. The van der Waals surface area contributed by atoms with E-state index in [2.05, 4.69) is 10.2 Å². The number of Topliss-reactive ketones (excluding diaryl/α,β-unsaturated/α-hetero) is 1. The van der Waals surface area contributed by atoms with E-state index >= 15 is 0 Å². The van der Waals surface area contributed by atoms with E-state index in [0.717, 1.165) is 37.6 Å². The number of rotatable bonds is 3. The molecule has 3 N–H and O–H groups in total. The van der Waals surface area contributed by atoms with Crippen LogP contribution >= 0.6 is 11.3 Å². The number of nitrogen functional groups attached to an aromatic ring is 1. The Bertz CT molecular complexity index is 519. The van der Waals surface area contributed by atoms with E-state index in [1.165, 1.54) is 25.4 Å². The highest BCUT2D eigenvalue weighted by Gasteiger charge is 2.28. The van der Waals surface area contributed by atoms with Crippen molar-refractivity contribution in [3.05, 3.63) is 10.4 Å². The average Bonchev–Trinajstić information content (AvgIpc) is 2.63. The maximum atomic E-state index is 12.0. The highest BCUT2D eigenvalue weighted by molar-refractivity contribution is 7.19. The monoisotopic (exact) mass is 297 g/mol. The van der Waals surface area contributed by atoms with Crippen molar-refractivity contribution in [1.29, 1.82) is 0 Å². The van der Waals surface area contributed by atoms with Gasteiger partial charge in [0, 0.05) is 26.6 Å². The van der Waals surface area contributed by atoms with Crippen molar-refractivity contribution in [1.82, 2.24) is 5.32 Å². The van der Waals surface area contributed by atoms with E-state index in [9.17, 15) is 9.59 Å². The van der Waals surface area contributed by atoms with Gasteiger partial charge in [-0.2, -0.15) is 0 Å². The van der Waals surface area contributed by atoms with Crippen LogP contribution < -0.4 is 16.0 Å². The van der Waals surface area contributed by atoms with Crippen LogP contribution in [-0.2, 0) is 4.74 Å². The molecule has 1 aromatic heterocycles. The molecule has 0 saturated carbocycles. The molecule has 0 aliphatic carbocycles. The Morgan fingerprint density at radius 1 is 1.35 bits per heavy atom. The number of nitrogens with zero attached hydrogens (tertiary/aromatic N) is 1. The lowest BCUT2D eigenvalue weighted by atomic mass is 10.2. The van der Waals surface area contributed by atoms with E-state index in [-0.39, 0.29) is 11.5 Å². The van der Waals surface area contributed by atoms with Gasteiger partial charge in [0.25, 0.3) is 0 Å². The standard InChI is InChI=1S/C13H19N3O3S/c1-8(17)11-10(14)9(13(18)19-2)12(20-11)16-6-3-4-15-5-7-16/h15H,3-7,14H2,1-2H3. The van der Waals surface area contributed by atoms with Crippen LogP contribution in [0.5, 0.6) is 0 Å². The molecule has 2 heterocycles. The van der Waals surface area contributed by atoms with Gasteiger partial charge in [0.05, 0.1) is 17.7 Å². The summed E-state index contributed by atoms with van der Waals surface area (Å²) in [6.07, 6.45) is 0.980. The zero-order valence-corrected chi connectivity index (χ0v) is 12.5. The Labute approximate surface area is 121 Å². The van der Waals surface area contributed by atoms with E-state index in [1.54, 1.807) is 0 Å². The van der Waals surface area contributed by atoms with Crippen LogP contribution in [0.2, 0.25) is 0 Å². The second kappa shape index (κ2) is 6.23. The Kier molecular flexibility index (Phi) is 4.61. The molecule has 0 amide bonds. The number of carbonyl (C=O) groups is 2. The number of hydrogen-bond acceptors (Lipinski definition) is 7. The van der Waals surface area contributed by atoms with E-state index < -0.39 is 5.97 Å². The van der Waals surface area contributed by atoms with Gasteiger partial charge < -0.3 is 20.7 Å². The number of nitrogens with one attached hydrogen (secondary N) is 1. The summed E-state index contributed by atoms with van der Waals surface area (Å²) in [6.45, 7) is 4.85. The minimum atomic E-state index is -0.488. The predicted octanol–water partition coefficient (Wildman–Crippen LogP) is 1.12. The van der Waals surface area contributed by atoms with Gasteiger partial charge in [-0.3, -0.25) is 4.79 Å². The average molecular weight is 297 g/mol. The number of esters is 1. The van der Waals surface area contributed by atoms with Crippen LogP contribution in [0.1, 0.15) is 33.4 Å². The summed E-state index contributed by atoms with van der Waals surface area (Å²) >= 11 is 1.28. The lowest BCUT2D eigenvalue weighted by Gasteiger charge is -2.21. The summed E-state index contributed by atoms with van der Waals surface area (Å²) in [6, 6.07) is 0. The molecule has 0 radical (unpaired) electrons. The molecule has 110 valence electrons. The van der Waals surface area contributed by atoms with Gasteiger partial charge in [0.1, 0.15) is 10.6 Å². The first-order valence-corrected chi connectivity index (χ1v) is 7.35. The largest absolute Gasteiger partial charge is 0.465 e. The van der Waals surface area contributed by atoms with Gasteiger partial charge in [-0.1, -0.05) is 0 Å². The molecule has 6 nitrogen and oxygen atoms in total. The van der Waals surface area contributed by atoms with Crippen molar-refractivity contribution in [3.8, 4) is 0 Å². The Hall–Kier alpha value is -1.60. The number of hydrogen-bond donors (Lipinski definition) is 2. The molecule has 0 unspecified atom stereocenters. The van der Waals surface area contributed by atoms with Crippen molar-refractivity contribution in [3.63, 3.8) is 0 Å². The zero-order valence-electron chi connectivity index (χ0n) is 11.7. The SMILES string of the molecule is COC(=O)c1c(N2CCCNCC2)sc(C(C)=O)c1N. The summed E-state index contributed by atoms with van der Waals surface area (Å²) < 4.78 is 4.81. The molecule has 0 aromatic carbocycles. The molecule has 0 bridgehead atoms. The third-order valence-electron chi connectivity index (χ3n) is 3.26. The van der Waals surface area contributed by atoms with Crippen LogP contribution in [0.3, 0.4) is 0 Å². The number of nitrogens with two attached hydrogens (primary N) is 1. The van der Waals surface area contributed by atoms with Crippen LogP contribution in [0.25, 0.3) is 0 Å². The van der Waals surface area contributed by atoms with Gasteiger partial charge in [-0.05, 0) is 13.0 Å². The smallest absolute Gasteiger partial charge is 0.343 e. The Morgan fingerprint density at radius 2 is 2.10 bits per heavy atom. The van der Waals surface area contributed by atoms with Crippen LogP contribution in [0, 0.1) is 0 Å². The van der Waals surface area contributed by atoms with Crippen LogP contribution in [-0.4, -0.2) is 45.0 Å². The molecule has 1 aliphatic heterocycles. The van der Waals surface area contributed by atoms with Crippen LogP contribution in [0.15, 0.2) is 0 Å². The third-order valence-corrected chi connectivity index (χ3v) is 4.63. The molecule has 1 fully saturated rings. The summed E-state index contributed by atoms with van der Waals surface area (Å²) in [4.78, 5) is 26.1. The topological polar surface area (TPSA) is 84.7 Å². The number of ether oxygens (including phenoxy) is 1. The minimum Gasteiger partial charge on any atom is -0.465 e. The molecule has 7 heteroatoms. The quantitative estimate of drug-likeness (QED) is 0.642. The highest BCUT2D eigenvalue weighted by Crippen LogP contribution is 2.39. The van der Waals surface area contributed by atoms with Crippen molar-refractivity contribution < 1.29 is 14.3 Å². The summed E-state index contributed by atoms with van der Waals surface area (Å²) in [5.41, 5.74) is 6.54. The molecule has 1 saturated heterocycles. The minimum absolute atomic E-state index is 0.128. The first-order valence-electron chi connectivity index (χ1n) is 6.53.